The fraction of sp³-hybridized carbons (Fsp3) is 0.500. The van der Waals surface area contributed by atoms with Crippen molar-refractivity contribution in [3.63, 3.8) is 0 Å². The molecule has 1 amide bonds. The molecule has 1 atom stereocenters. The average molecular weight is 344 g/mol. The summed E-state index contributed by atoms with van der Waals surface area (Å²) < 4.78 is 13.1. The Balaban J connectivity index is 1.70. The molecule has 0 saturated carbocycles. The lowest BCUT2D eigenvalue weighted by Gasteiger charge is -2.29. The van der Waals surface area contributed by atoms with Crippen molar-refractivity contribution < 1.29 is 14.3 Å². The van der Waals surface area contributed by atoms with Crippen molar-refractivity contribution in [2.75, 3.05) is 20.8 Å². The summed E-state index contributed by atoms with van der Waals surface area (Å²) in [7, 11) is 3.41. The van der Waals surface area contributed by atoms with Gasteiger partial charge in [-0.1, -0.05) is 12.1 Å². The van der Waals surface area contributed by atoms with Gasteiger partial charge in [-0.05, 0) is 31.9 Å². The van der Waals surface area contributed by atoms with Crippen LogP contribution < -0.4 is 9.47 Å². The second kappa shape index (κ2) is 7.13. The predicted molar refractivity (Wildman–Crippen MR) is 92.6 cm³/mol. The number of carbonyl (C=O) groups is 1. The number of amides is 1. The zero-order valence-corrected chi connectivity index (χ0v) is 15.1. The quantitative estimate of drug-likeness (QED) is 0.830. The van der Waals surface area contributed by atoms with Gasteiger partial charge >= 0.3 is 0 Å². The highest BCUT2D eigenvalue weighted by Gasteiger charge is 2.30. The Morgan fingerprint density at radius 2 is 2.28 bits per heavy atom. The monoisotopic (exact) mass is 344 g/mol. The van der Waals surface area contributed by atoms with Crippen LogP contribution in [0, 0.1) is 5.92 Å². The predicted octanol–water partition coefficient (Wildman–Crippen LogP) is 2.08. The summed E-state index contributed by atoms with van der Waals surface area (Å²) in [5.41, 5.74) is 1.00. The summed E-state index contributed by atoms with van der Waals surface area (Å²) in [6.07, 6.45) is 2.34. The second-order valence-electron chi connectivity index (χ2n) is 6.60. The van der Waals surface area contributed by atoms with Crippen LogP contribution in [0.5, 0.6) is 11.5 Å². The van der Waals surface area contributed by atoms with Crippen molar-refractivity contribution in [3.05, 3.63) is 35.9 Å². The fourth-order valence-corrected chi connectivity index (χ4v) is 3.13. The normalized spacial score (nSPS) is 16.3. The molecule has 1 aliphatic rings. The van der Waals surface area contributed by atoms with Crippen LogP contribution in [0.2, 0.25) is 0 Å². The number of ether oxygens (including phenoxy) is 2. The van der Waals surface area contributed by atoms with E-state index in [4.69, 9.17) is 9.47 Å². The topological polar surface area (TPSA) is 69.5 Å². The minimum atomic E-state index is -0.208. The van der Waals surface area contributed by atoms with Gasteiger partial charge in [-0.25, -0.2) is 0 Å². The van der Waals surface area contributed by atoms with Crippen LogP contribution in [-0.2, 0) is 17.8 Å². The standard InChI is InChI=1S/C18H24N4O3/c1-12(2)22-11-19-20-16(22)9-21(3)18(23)14-8-13-6-5-7-15(24-4)17(13)25-10-14/h5-7,11-12,14H,8-10H2,1-4H3. The molecule has 1 aromatic heterocycles. The van der Waals surface area contributed by atoms with Crippen LogP contribution in [0.4, 0.5) is 0 Å². The highest BCUT2D eigenvalue weighted by Crippen LogP contribution is 2.36. The molecule has 7 nitrogen and oxygen atoms in total. The van der Waals surface area contributed by atoms with E-state index in [2.05, 4.69) is 24.0 Å². The second-order valence-corrected chi connectivity index (χ2v) is 6.60. The molecular formula is C18H24N4O3. The van der Waals surface area contributed by atoms with E-state index in [-0.39, 0.29) is 17.9 Å². The van der Waals surface area contributed by atoms with E-state index in [1.807, 2.05) is 22.8 Å². The Bertz CT molecular complexity index is 757. The van der Waals surface area contributed by atoms with Gasteiger partial charge in [0.25, 0.3) is 0 Å². The number of methoxy groups -OCH3 is 1. The molecule has 2 heterocycles. The van der Waals surface area contributed by atoms with E-state index in [1.54, 1.807) is 25.4 Å². The molecule has 0 bridgehead atoms. The van der Waals surface area contributed by atoms with Crippen LogP contribution in [0.1, 0.15) is 31.3 Å². The van der Waals surface area contributed by atoms with E-state index >= 15 is 0 Å². The van der Waals surface area contributed by atoms with Crippen LogP contribution in [0.15, 0.2) is 24.5 Å². The smallest absolute Gasteiger partial charge is 0.229 e. The Morgan fingerprint density at radius 1 is 1.48 bits per heavy atom. The summed E-state index contributed by atoms with van der Waals surface area (Å²) in [6, 6.07) is 6.02. The van der Waals surface area contributed by atoms with Crippen LogP contribution in [0.25, 0.3) is 0 Å². The molecule has 134 valence electrons. The van der Waals surface area contributed by atoms with Crippen molar-refractivity contribution in [2.45, 2.75) is 32.9 Å². The first kappa shape index (κ1) is 17.3. The lowest BCUT2D eigenvalue weighted by molar-refractivity contribution is -0.136. The minimum Gasteiger partial charge on any atom is -0.493 e. The number of benzene rings is 1. The molecule has 0 radical (unpaired) electrons. The van der Waals surface area contributed by atoms with E-state index in [1.165, 1.54) is 0 Å². The van der Waals surface area contributed by atoms with E-state index in [0.29, 0.717) is 25.3 Å². The Hall–Kier alpha value is -2.57. The van der Waals surface area contributed by atoms with Crippen molar-refractivity contribution >= 4 is 5.91 Å². The molecule has 1 aromatic carbocycles. The van der Waals surface area contributed by atoms with Crippen molar-refractivity contribution in [1.29, 1.82) is 0 Å². The molecule has 25 heavy (non-hydrogen) atoms. The average Bonchev–Trinajstić information content (AvgIpc) is 3.08. The Kier molecular flexibility index (Phi) is 4.92. The third kappa shape index (κ3) is 3.45. The van der Waals surface area contributed by atoms with Gasteiger partial charge in [0.2, 0.25) is 5.91 Å². The summed E-state index contributed by atoms with van der Waals surface area (Å²) in [6.45, 7) is 4.91. The van der Waals surface area contributed by atoms with Crippen molar-refractivity contribution in [1.82, 2.24) is 19.7 Å². The highest BCUT2D eigenvalue weighted by molar-refractivity contribution is 5.79. The molecule has 0 fully saturated rings. The number of hydrogen-bond acceptors (Lipinski definition) is 5. The van der Waals surface area contributed by atoms with Gasteiger partial charge in [0, 0.05) is 13.1 Å². The largest absolute Gasteiger partial charge is 0.493 e. The molecule has 1 unspecified atom stereocenters. The van der Waals surface area contributed by atoms with Gasteiger partial charge in [0.05, 0.1) is 19.6 Å². The third-order valence-electron chi connectivity index (χ3n) is 4.48. The summed E-state index contributed by atoms with van der Waals surface area (Å²) in [5, 5.41) is 8.09. The molecule has 0 spiro atoms. The van der Waals surface area contributed by atoms with Gasteiger partial charge in [0.15, 0.2) is 17.3 Å². The first-order valence-electron chi connectivity index (χ1n) is 8.43. The minimum absolute atomic E-state index is 0.0479. The number of carbonyl (C=O) groups excluding carboxylic acids is 1. The lowest BCUT2D eigenvalue weighted by Crippen LogP contribution is -2.38. The molecule has 1 aliphatic heterocycles. The maximum absolute atomic E-state index is 12.8. The maximum Gasteiger partial charge on any atom is 0.229 e. The summed E-state index contributed by atoms with van der Waals surface area (Å²) in [4.78, 5) is 14.5. The zero-order valence-electron chi connectivity index (χ0n) is 15.1. The third-order valence-corrected chi connectivity index (χ3v) is 4.48. The first-order chi connectivity index (χ1) is 12.0. The van der Waals surface area contributed by atoms with Crippen LogP contribution in [0.3, 0.4) is 0 Å². The molecule has 0 aliphatic carbocycles. The SMILES string of the molecule is COc1cccc2c1OCC(C(=O)N(C)Cc1nncn1C(C)C)C2. The number of hydrogen-bond donors (Lipinski definition) is 0. The molecule has 3 rings (SSSR count). The Labute approximate surface area is 147 Å². The van der Waals surface area contributed by atoms with Crippen LogP contribution in [-0.4, -0.2) is 46.3 Å². The highest BCUT2D eigenvalue weighted by atomic mass is 16.5. The molecule has 0 saturated heterocycles. The van der Waals surface area contributed by atoms with Gasteiger partial charge < -0.3 is 18.9 Å². The zero-order chi connectivity index (χ0) is 18.0. The summed E-state index contributed by atoms with van der Waals surface area (Å²) in [5.74, 6) is 2.08. The first-order valence-corrected chi connectivity index (χ1v) is 8.43. The molecule has 2 aromatic rings. The number of rotatable bonds is 5. The number of fused-ring (bicyclic) bond motifs is 1. The summed E-state index contributed by atoms with van der Waals surface area (Å²) >= 11 is 0. The molecule has 7 heteroatoms. The van der Waals surface area contributed by atoms with Crippen LogP contribution >= 0.6 is 0 Å². The van der Waals surface area contributed by atoms with E-state index in [0.717, 1.165) is 17.1 Å². The molecular weight excluding hydrogens is 320 g/mol. The van der Waals surface area contributed by atoms with Gasteiger partial charge in [-0.2, -0.15) is 0 Å². The lowest BCUT2D eigenvalue weighted by atomic mass is 9.95. The van der Waals surface area contributed by atoms with E-state index < -0.39 is 0 Å². The van der Waals surface area contributed by atoms with Crippen molar-refractivity contribution in [2.24, 2.45) is 5.92 Å². The maximum atomic E-state index is 12.8. The fourth-order valence-electron chi connectivity index (χ4n) is 3.13. The van der Waals surface area contributed by atoms with Gasteiger partial charge in [-0.15, -0.1) is 10.2 Å². The number of para-hydroxylation sites is 1. The number of aromatic nitrogens is 3. The van der Waals surface area contributed by atoms with Gasteiger partial charge in [0.1, 0.15) is 12.9 Å². The van der Waals surface area contributed by atoms with Crippen molar-refractivity contribution in [3.8, 4) is 11.5 Å². The van der Waals surface area contributed by atoms with Gasteiger partial charge in [-0.3, -0.25) is 4.79 Å². The van der Waals surface area contributed by atoms with E-state index in [9.17, 15) is 4.79 Å². The number of nitrogens with zero attached hydrogens (tertiary/aromatic N) is 4. The Morgan fingerprint density at radius 3 is 3.00 bits per heavy atom. The molecule has 0 N–H and O–H groups in total.